The van der Waals surface area contributed by atoms with Gasteiger partial charge in [-0.05, 0) is 67.8 Å². The Hall–Kier alpha value is -3.03. The van der Waals surface area contributed by atoms with Crippen molar-refractivity contribution in [1.82, 2.24) is 4.90 Å². The average Bonchev–Trinajstić information content (AvgIpc) is 3.14. The number of rotatable bonds is 7. The van der Waals surface area contributed by atoms with Gasteiger partial charge in [0.1, 0.15) is 10.8 Å². The summed E-state index contributed by atoms with van der Waals surface area (Å²) in [6.07, 6.45) is 0.850. The van der Waals surface area contributed by atoms with Gasteiger partial charge in [-0.1, -0.05) is 6.07 Å². The number of carbonyl (C=O) groups excluding carboxylic acids is 1. The van der Waals surface area contributed by atoms with Crippen molar-refractivity contribution in [3.63, 3.8) is 0 Å². The lowest BCUT2D eigenvalue weighted by molar-refractivity contribution is 0.0960. The summed E-state index contributed by atoms with van der Waals surface area (Å²) in [6.45, 7) is 6.51. The van der Waals surface area contributed by atoms with Crippen LogP contribution in [0.5, 0.6) is 17.2 Å². The van der Waals surface area contributed by atoms with E-state index in [4.69, 9.17) is 14.2 Å². The number of nitrogens with zero attached hydrogens (tertiary/aromatic N) is 2. The molecule has 33 heavy (non-hydrogen) atoms. The quantitative estimate of drug-likeness (QED) is 0.488. The standard InChI is InChI=1S/C26H30N2O4S/c1-17-18(2)33-26-22(17)15-27(13-12-19-6-11-23(31-4)24(14-19)32-5)16-28(26)25(29)20-7-9-21(30-3)10-8-20/h6-11,14H,12-13,15-16H2,1-5H3. The van der Waals surface area contributed by atoms with Crippen LogP contribution in [-0.2, 0) is 13.0 Å². The molecule has 6 nitrogen and oxygen atoms in total. The molecule has 0 saturated carbocycles. The van der Waals surface area contributed by atoms with E-state index >= 15 is 0 Å². The van der Waals surface area contributed by atoms with E-state index in [1.807, 2.05) is 41.3 Å². The number of hydrogen-bond acceptors (Lipinski definition) is 6. The summed E-state index contributed by atoms with van der Waals surface area (Å²) in [5, 5.41) is 1.06. The van der Waals surface area contributed by atoms with Crippen LogP contribution in [0.3, 0.4) is 0 Å². The monoisotopic (exact) mass is 466 g/mol. The Balaban J connectivity index is 1.56. The van der Waals surface area contributed by atoms with E-state index in [1.165, 1.54) is 21.6 Å². The van der Waals surface area contributed by atoms with Crippen molar-refractivity contribution in [2.24, 2.45) is 0 Å². The maximum absolute atomic E-state index is 13.5. The molecule has 2 aromatic carbocycles. The number of carbonyl (C=O) groups is 1. The van der Waals surface area contributed by atoms with Crippen molar-refractivity contribution in [2.45, 2.75) is 26.8 Å². The zero-order valence-corrected chi connectivity index (χ0v) is 20.6. The van der Waals surface area contributed by atoms with E-state index in [9.17, 15) is 4.79 Å². The highest BCUT2D eigenvalue weighted by molar-refractivity contribution is 7.16. The van der Waals surface area contributed by atoms with Crippen molar-refractivity contribution in [2.75, 3.05) is 39.4 Å². The molecule has 0 N–H and O–H groups in total. The van der Waals surface area contributed by atoms with Crippen LogP contribution in [0.1, 0.15) is 31.9 Å². The average molecular weight is 467 g/mol. The Bertz CT molecular complexity index is 1140. The van der Waals surface area contributed by atoms with Crippen LogP contribution in [0.25, 0.3) is 0 Å². The molecule has 1 aromatic heterocycles. The predicted octanol–water partition coefficient (Wildman–Crippen LogP) is 5.05. The molecule has 1 aliphatic rings. The normalized spacial score (nSPS) is 13.5. The second kappa shape index (κ2) is 9.85. The number of aryl methyl sites for hydroxylation is 1. The zero-order valence-electron chi connectivity index (χ0n) is 19.8. The minimum Gasteiger partial charge on any atom is -0.497 e. The maximum atomic E-state index is 13.5. The number of hydrogen-bond donors (Lipinski definition) is 0. The first-order valence-electron chi connectivity index (χ1n) is 10.9. The second-order valence-corrected chi connectivity index (χ2v) is 9.37. The minimum absolute atomic E-state index is 0.0102. The van der Waals surface area contributed by atoms with Gasteiger partial charge in [0.25, 0.3) is 5.91 Å². The highest BCUT2D eigenvalue weighted by Crippen LogP contribution is 2.40. The summed E-state index contributed by atoms with van der Waals surface area (Å²) in [5.41, 5.74) is 4.35. The van der Waals surface area contributed by atoms with Crippen LogP contribution in [0, 0.1) is 13.8 Å². The molecule has 0 aliphatic carbocycles. The van der Waals surface area contributed by atoms with Crippen molar-refractivity contribution in [3.8, 4) is 17.2 Å². The van der Waals surface area contributed by atoms with Gasteiger partial charge in [0.05, 0.1) is 28.0 Å². The topological polar surface area (TPSA) is 51.2 Å². The van der Waals surface area contributed by atoms with Gasteiger partial charge in [-0.2, -0.15) is 0 Å². The molecule has 174 valence electrons. The van der Waals surface area contributed by atoms with E-state index in [0.29, 0.717) is 12.2 Å². The molecule has 7 heteroatoms. The molecule has 1 amide bonds. The third-order valence-electron chi connectivity index (χ3n) is 6.20. The summed E-state index contributed by atoms with van der Waals surface area (Å²) in [7, 11) is 4.92. The van der Waals surface area contributed by atoms with Crippen LogP contribution in [0.4, 0.5) is 5.00 Å². The molecule has 2 heterocycles. The zero-order chi connectivity index (χ0) is 23.5. The van der Waals surface area contributed by atoms with Crippen LogP contribution < -0.4 is 19.1 Å². The molecule has 4 rings (SSSR count). The second-order valence-electron chi connectivity index (χ2n) is 8.16. The Kier molecular flexibility index (Phi) is 6.91. The Labute approximate surface area is 199 Å². The Morgan fingerprint density at radius 3 is 2.36 bits per heavy atom. The Morgan fingerprint density at radius 1 is 0.970 bits per heavy atom. The van der Waals surface area contributed by atoms with Gasteiger partial charge in [0.15, 0.2) is 11.5 Å². The largest absolute Gasteiger partial charge is 0.497 e. The van der Waals surface area contributed by atoms with E-state index in [-0.39, 0.29) is 5.91 Å². The fourth-order valence-electron chi connectivity index (χ4n) is 4.12. The molecule has 0 bridgehead atoms. The van der Waals surface area contributed by atoms with E-state index in [1.54, 1.807) is 32.7 Å². The summed E-state index contributed by atoms with van der Waals surface area (Å²) in [4.78, 5) is 19.0. The van der Waals surface area contributed by atoms with Crippen LogP contribution in [-0.4, -0.2) is 45.3 Å². The van der Waals surface area contributed by atoms with Crippen molar-refractivity contribution >= 4 is 22.2 Å². The van der Waals surface area contributed by atoms with Gasteiger partial charge in [-0.3, -0.25) is 14.6 Å². The van der Waals surface area contributed by atoms with Gasteiger partial charge in [-0.25, -0.2) is 0 Å². The van der Waals surface area contributed by atoms with Gasteiger partial charge < -0.3 is 14.2 Å². The number of fused-ring (bicyclic) bond motifs is 1. The predicted molar refractivity (Wildman–Crippen MR) is 132 cm³/mol. The first kappa shape index (κ1) is 23.1. The van der Waals surface area contributed by atoms with Crippen LogP contribution in [0.2, 0.25) is 0 Å². The van der Waals surface area contributed by atoms with Crippen molar-refractivity contribution < 1.29 is 19.0 Å². The molecule has 0 atom stereocenters. The summed E-state index contributed by atoms with van der Waals surface area (Å²) < 4.78 is 16.0. The number of thiophene rings is 1. The third kappa shape index (κ3) is 4.70. The number of methoxy groups -OCH3 is 3. The third-order valence-corrected chi connectivity index (χ3v) is 7.48. The number of ether oxygens (including phenoxy) is 3. The SMILES string of the molecule is COc1ccc(C(=O)N2CN(CCc3ccc(OC)c(OC)c3)Cc3c2sc(C)c3C)cc1. The molecule has 0 spiro atoms. The first-order chi connectivity index (χ1) is 15.9. The smallest absolute Gasteiger partial charge is 0.260 e. The van der Waals surface area contributed by atoms with Crippen molar-refractivity contribution in [1.29, 1.82) is 0 Å². The number of benzene rings is 2. The maximum Gasteiger partial charge on any atom is 0.260 e. The first-order valence-corrected chi connectivity index (χ1v) is 11.7. The highest BCUT2D eigenvalue weighted by atomic mass is 32.1. The number of amides is 1. The molecule has 1 aliphatic heterocycles. The minimum atomic E-state index is 0.0102. The summed E-state index contributed by atoms with van der Waals surface area (Å²) in [5.74, 6) is 2.21. The fraction of sp³-hybridized carbons (Fsp3) is 0.346. The van der Waals surface area contributed by atoms with Gasteiger partial charge in [0, 0.05) is 29.1 Å². The van der Waals surface area contributed by atoms with Crippen LogP contribution in [0.15, 0.2) is 42.5 Å². The molecular weight excluding hydrogens is 436 g/mol. The van der Waals surface area contributed by atoms with E-state index < -0.39 is 0 Å². The summed E-state index contributed by atoms with van der Waals surface area (Å²) >= 11 is 1.70. The van der Waals surface area contributed by atoms with Crippen LogP contribution >= 0.6 is 11.3 Å². The lowest BCUT2D eigenvalue weighted by Crippen LogP contribution is -2.45. The highest BCUT2D eigenvalue weighted by Gasteiger charge is 2.31. The fourth-order valence-corrected chi connectivity index (χ4v) is 5.28. The van der Waals surface area contributed by atoms with Crippen molar-refractivity contribution in [3.05, 3.63) is 69.6 Å². The van der Waals surface area contributed by atoms with Gasteiger partial charge >= 0.3 is 0 Å². The number of anilines is 1. The molecule has 0 fully saturated rings. The molecule has 0 radical (unpaired) electrons. The van der Waals surface area contributed by atoms with Gasteiger partial charge in [-0.15, -0.1) is 11.3 Å². The molecular formula is C26H30N2O4S. The van der Waals surface area contributed by atoms with E-state index in [0.717, 1.165) is 41.8 Å². The van der Waals surface area contributed by atoms with E-state index in [2.05, 4.69) is 24.8 Å². The Morgan fingerprint density at radius 2 is 1.70 bits per heavy atom. The summed E-state index contributed by atoms with van der Waals surface area (Å²) in [6, 6.07) is 13.4. The lowest BCUT2D eigenvalue weighted by Gasteiger charge is -2.35. The molecule has 3 aromatic rings. The molecule has 0 unspecified atom stereocenters. The molecule has 0 saturated heterocycles. The van der Waals surface area contributed by atoms with Gasteiger partial charge in [0.2, 0.25) is 0 Å². The lowest BCUT2D eigenvalue weighted by atomic mass is 10.1.